The number of hydrogen-bond donors (Lipinski definition) is 5. The van der Waals surface area contributed by atoms with Crippen LogP contribution in [0.15, 0.2) is 12.7 Å². The molecule has 9 heteroatoms. The number of hydrogen-bond acceptors (Lipinski definition) is 7. The zero-order valence-electron chi connectivity index (χ0n) is 14.6. The van der Waals surface area contributed by atoms with Crippen molar-refractivity contribution in [2.45, 2.75) is 0 Å². The molecule has 22 heavy (non-hydrogen) atoms. The minimum Gasteiger partial charge on any atom is -0.478 e. The molecule has 0 radical (unpaired) electrons. The lowest BCUT2D eigenvalue weighted by Gasteiger charge is -1.90. The molecular formula is C13H35ClN2O6. The van der Waals surface area contributed by atoms with Gasteiger partial charge >= 0.3 is 5.97 Å². The Kier molecular flexibility index (Phi) is 72.8. The third kappa shape index (κ3) is 604. The van der Waals surface area contributed by atoms with Gasteiger partial charge in [-0.3, -0.25) is 0 Å². The van der Waals surface area contributed by atoms with Crippen LogP contribution in [-0.2, 0) is 4.79 Å². The first kappa shape index (κ1) is 37.5. The summed E-state index contributed by atoms with van der Waals surface area (Å²) in [6, 6.07) is 0. The molecule has 0 aliphatic rings. The summed E-state index contributed by atoms with van der Waals surface area (Å²) in [6.45, 7) is 2.46. The third-order valence-corrected chi connectivity index (χ3v) is 0.375. The molecule has 0 saturated heterocycles. The van der Waals surface area contributed by atoms with Gasteiger partial charge < -0.3 is 35.3 Å². The zero-order valence-corrected chi connectivity index (χ0v) is 15.4. The SMILES string of the molecule is C=CC(=O)O.CN(C)C.CN(C)C.Cl.OCCO.OCCO. The summed E-state index contributed by atoms with van der Waals surface area (Å²) < 4.78 is 0. The lowest BCUT2D eigenvalue weighted by molar-refractivity contribution is -0.131. The number of aliphatic hydroxyl groups is 4. The molecule has 0 unspecified atom stereocenters. The quantitative estimate of drug-likeness (QED) is 0.409. The summed E-state index contributed by atoms with van der Waals surface area (Å²) in [4.78, 5) is 13.2. The average Bonchev–Trinajstić information content (AvgIpc) is 2.38. The first-order valence-electron chi connectivity index (χ1n) is 6.07. The molecule has 0 heterocycles. The number of aliphatic hydroxyl groups excluding tert-OH is 4. The van der Waals surface area contributed by atoms with Gasteiger partial charge in [0.05, 0.1) is 26.4 Å². The summed E-state index contributed by atoms with van der Waals surface area (Å²) in [5, 5.41) is 38.1. The van der Waals surface area contributed by atoms with E-state index in [1.54, 1.807) is 0 Å². The van der Waals surface area contributed by atoms with Crippen LogP contribution in [0.1, 0.15) is 0 Å². The second-order valence-electron chi connectivity index (χ2n) is 4.12. The van der Waals surface area contributed by atoms with E-state index in [4.69, 9.17) is 25.5 Å². The third-order valence-electron chi connectivity index (χ3n) is 0.375. The average molecular weight is 351 g/mol. The number of nitrogens with zero attached hydrogens (tertiary/aromatic N) is 2. The van der Waals surface area contributed by atoms with Crippen LogP contribution in [0.3, 0.4) is 0 Å². The molecule has 8 nitrogen and oxygen atoms in total. The van der Waals surface area contributed by atoms with E-state index in [1.165, 1.54) is 0 Å². The maximum Gasteiger partial charge on any atom is 0.327 e. The van der Waals surface area contributed by atoms with Crippen molar-refractivity contribution < 1.29 is 30.3 Å². The highest BCUT2D eigenvalue weighted by molar-refractivity contribution is 5.85. The second kappa shape index (κ2) is 42.7. The summed E-state index contributed by atoms with van der Waals surface area (Å²) in [5.74, 6) is -0.981. The fourth-order valence-electron chi connectivity index (χ4n) is 0. The molecule has 0 saturated carbocycles. The van der Waals surface area contributed by atoms with Gasteiger partial charge in [-0.05, 0) is 42.3 Å². The van der Waals surface area contributed by atoms with Gasteiger partial charge in [-0.15, -0.1) is 12.4 Å². The first-order chi connectivity index (χ1) is 9.56. The van der Waals surface area contributed by atoms with Gasteiger partial charge in [-0.25, -0.2) is 4.79 Å². The number of aliphatic carboxylic acids is 1. The van der Waals surface area contributed by atoms with Crippen molar-refractivity contribution in [3.8, 4) is 0 Å². The second-order valence-corrected chi connectivity index (χ2v) is 4.12. The van der Waals surface area contributed by atoms with Crippen LogP contribution >= 0.6 is 12.4 Å². The Bertz CT molecular complexity index is 164. The van der Waals surface area contributed by atoms with E-state index >= 15 is 0 Å². The van der Waals surface area contributed by atoms with E-state index in [-0.39, 0.29) is 38.8 Å². The number of carboxylic acids is 1. The molecule has 0 amide bonds. The Labute approximate surface area is 140 Å². The van der Waals surface area contributed by atoms with E-state index in [0.29, 0.717) is 0 Å². The normalized spacial score (nSPS) is 7.45. The van der Waals surface area contributed by atoms with Crippen LogP contribution in [0, 0.1) is 0 Å². The predicted octanol–water partition coefficient (Wildman–Crippen LogP) is -1.02. The Morgan fingerprint density at radius 1 is 0.818 bits per heavy atom. The molecule has 0 atom stereocenters. The van der Waals surface area contributed by atoms with Crippen LogP contribution < -0.4 is 0 Å². The molecule has 140 valence electrons. The number of carboxylic acid groups (broad SMARTS) is 1. The fourth-order valence-corrected chi connectivity index (χ4v) is 0. The lowest BCUT2D eigenvalue weighted by Crippen LogP contribution is -1.99. The maximum atomic E-state index is 9.25. The molecule has 0 aromatic heterocycles. The Morgan fingerprint density at radius 3 is 0.909 bits per heavy atom. The largest absolute Gasteiger partial charge is 0.478 e. The maximum absolute atomic E-state index is 9.25. The lowest BCUT2D eigenvalue weighted by atomic mass is 10.7. The molecule has 0 rings (SSSR count). The molecule has 5 N–H and O–H groups in total. The van der Waals surface area contributed by atoms with Gasteiger partial charge in [0, 0.05) is 6.08 Å². The molecule has 0 aliphatic heterocycles. The number of carbonyl (C=O) groups is 1. The van der Waals surface area contributed by atoms with Crippen molar-refractivity contribution in [1.29, 1.82) is 0 Å². The molecular weight excluding hydrogens is 316 g/mol. The Balaban J connectivity index is -0.0000000361. The van der Waals surface area contributed by atoms with Gasteiger partial charge in [-0.1, -0.05) is 6.58 Å². The molecule has 0 aliphatic carbocycles. The monoisotopic (exact) mass is 350 g/mol. The molecule has 0 aromatic carbocycles. The topological polar surface area (TPSA) is 125 Å². The standard InChI is InChI=1S/2C3H9N.C3H4O2.2C2H6O2.ClH/c2*1-4(2)3;1-2-3(4)5;2*3-1-2-4;/h2*1-3H3;2H,1H2,(H,4,5);2*3-4H,1-2H2;1H. The molecule has 0 bridgehead atoms. The molecule has 0 spiro atoms. The minimum absolute atomic E-state index is 0. The van der Waals surface area contributed by atoms with E-state index in [2.05, 4.69) is 6.58 Å². The summed E-state index contributed by atoms with van der Waals surface area (Å²) in [6.07, 6.45) is 0.833. The summed E-state index contributed by atoms with van der Waals surface area (Å²) in [7, 11) is 12.0. The number of halogens is 1. The van der Waals surface area contributed by atoms with Crippen molar-refractivity contribution in [2.75, 3.05) is 68.7 Å². The van der Waals surface area contributed by atoms with Gasteiger partial charge in [0.2, 0.25) is 0 Å². The summed E-state index contributed by atoms with van der Waals surface area (Å²) in [5.41, 5.74) is 0. The van der Waals surface area contributed by atoms with Gasteiger partial charge in [0.25, 0.3) is 0 Å². The van der Waals surface area contributed by atoms with Crippen LogP contribution in [0.2, 0.25) is 0 Å². The van der Waals surface area contributed by atoms with Crippen molar-refractivity contribution in [2.24, 2.45) is 0 Å². The van der Waals surface area contributed by atoms with E-state index in [0.717, 1.165) is 6.08 Å². The predicted molar refractivity (Wildman–Crippen MR) is 92.6 cm³/mol. The molecule has 0 aromatic rings. The van der Waals surface area contributed by atoms with Gasteiger partial charge in [-0.2, -0.15) is 0 Å². The smallest absolute Gasteiger partial charge is 0.327 e. The van der Waals surface area contributed by atoms with Gasteiger partial charge in [0.1, 0.15) is 0 Å². The van der Waals surface area contributed by atoms with Crippen LogP contribution in [0.25, 0.3) is 0 Å². The van der Waals surface area contributed by atoms with Crippen molar-refractivity contribution in [3.05, 3.63) is 12.7 Å². The van der Waals surface area contributed by atoms with E-state index < -0.39 is 5.97 Å². The Hall–Kier alpha value is -0.740. The van der Waals surface area contributed by atoms with Crippen molar-refractivity contribution >= 4 is 18.4 Å². The zero-order chi connectivity index (χ0) is 18.3. The van der Waals surface area contributed by atoms with Crippen LogP contribution in [0.5, 0.6) is 0 Å². The molecule has 0 fully saturated rings. The van der Waals surface area contributed by atoms with Crippen LogP contribution in [0.4, 0.5) is 0 Å². The minimum atomic E-state index is -0.981. The van der Waals surface area contributed by atoms with Crippen molar-refractivity contribution in [3.63, 3.8) is 0 Å². The van der Waals surface area contributed by atoms with Gasteiger partial charge in [0.15, 0.2) is 0 Å². The highest BCUT2D eigenvalue weighted by Crippen LogP contribution is 1.54. The summed E-state index contributed by atoms with van der Waals surface area (Å²) >= 11 is 0. The first-order valence-corrected chi connectivity index (χ1v) is 6.07. The fraction of sp³-hybridized carbons (Fsp3) is 0.769. The number of rotatable bonds is 3. The van der Waals surface area contributed by atoms with Crippen molar-refractivity contribution in [1.82, 2.24) is 9.80 Å². The van der Waals surface area contributed by atoms with E-state index in [9.17, 15) is 4.79 Å². The highest BCUT2D eigenvalue weighted by atomic mass is 35.5. The Morgan fingerprint density at radius 2 is 0.909 bits per heavy atom. The highest BCUT2D eigenvalue weighted by Gasteiger charge is 1.73. The van der Waals surface area contributed by atoms with E-state index in [1.807, 2.05) is 52.1 Å². The van der Waals surface area contributed by atoms with Crippen LogP contribution in [-0.4, -0.2) is 110 Å².